The molecule has 0 aromatic carbocycles. The van der Waals surface area contributed by atoms with Crippen molar-refractivity contribution in [2.24, 2.45) is 5.92 Å². The summed E-state index contributed by atoms with van der Waals surface area (Å²) in [6.07, 6.45) is 9.99. The molecule has 33 heavy (non-hydrogen) atoms. The highest BCUT2D eigenvalue weighted by Crippen LogP contribution is 2.60. The highest BCUT2D eigenvalue weighted by Gasteiger charge is 2.73. The van der Waals surface area contributed by atoms with E-state index in [1.807, 2.05) is 4.90 Å². The predicted octanol–water partition coefficient (Wildman–Crippen LogP) is 3.76. The third-order valence-corrected chi connectivity index (χ3v) is 8.69. The van der Waals surface area contributed by atoms with E-state index in [0.29, 0.717) is 12.0 Å². The first-order chi connectivity index (χ1) is 15.8. The van der Waals surface area contributed by atoms with Crippen LogP contribution in [0.25, 0.3) is 0 Å². The van der Waals surface area contributed by atoms with Crippen molar-refractivity contribution in [1.82, 2.24) is 9.80 Å². The van der Waals surface area contributed by atoms with Gasteiger partial charge in [0.05, 0.1) is 17.8 Å². The summed E-state index contributed by atoms with van der Waals surface area (Å²) in [4.78, 5) is 16.9. The van der Waals surface area contributed by atoms with Gasteiger partial charge in [-0.25, -0.2) is 4.79 Å². The van der Waals surface area contributed by atoms with Crippen LogP contribution in [0.2, 0.25) is 0 Å². The molecule has 4 aliphatic heterocycles. The van der Waals surface area contributed by atoms with E-state index < -0.39 is 0 Å². The third-order valence-electron chi connectivity index (χ3n) is 8.69. The summed E-state index contributed by atoms with van der Waals surface area (Å²) in [5.41, 5.74) is 1.15. The molecule has 5 rings (SSSR count). The number of hydrogen-bond donors (Lipinski definition) is 0. The highest BCUT2D eigenvalue weighted by atomic mass is 16.7. The average Bonchev–Trinajstić information content (AvgIpc) is 3.58. The summed E-state index contributed by atoms with van der Waals surface area (Å²) in [6.45, 7) is 11.4. The quantitative estimate of drug-likeness (QED) is 0.404. The number of amides is 1. The Morgan fingerprint density at radius 3 is 2.52 bits per heavy atom. The zero-order valence-corrected chi connectivity index (χ0v) is 20.9. The second-order valence-electron chi connectivity index (χ2n) is 11.5. The zero-order chi connectivity index (χ0) is 23.2. The molecule has 7 heteroatoms. The summed E-state index contributed by atoms with van der Waals surface area (Å²) in [5, 5.41) is 0. The van der Waals surface area contributed by atoms with Crippen molar-refractivity contribution < 1.29 is 23.7 Å². The molecule has 0 aromatic rings. The van der Waals surface area contributed by atoms with Crippen LogP contribution in [0, 0.1) is 5.92 Å². The molecule has 7 nitrogen and oxygen atoms in total. The zero-order valence-electron chi connectivity index (χ0n) is 20.9. The molecule has 4 saturated heterocycles. The molecule has 1 spiro atoms. The smallest absolute Gasteiger partial charge is 0.410 e. The van der Waals surface area contributed by atoms with Crippen molar-refractivity contribution in [2.45, 2.75) is 101 Å². The van der Waals surface area contributed by atoms with Gasteiger partial charge in [0.1, 0.15) is 17.8 Å². The average molecular weight is 463 g/mol. The number of methoxy groups -OCH3 is 1. The second kappa shape index (κ2) is 9.14. The van der Waals surface area contributed by atoms with Crippen LogP contribution in [-0.2, 0) is 18.9 Å². The monoisotopic (exact) mass is 462 g/mol. The molecule has 5 fully saturated rings. The maximum Gasteiger partial charge on any atom is 0.410 e. The number of hydrogen-bond acceptors (Lipinski definition) is 6. The van der Waals surface area contributed by atoms with Crippen LogP contribution in [0.5, 0.6) is 0 Å². The van der Waals surface area contributed by atoms with Gasteiger partial charge in [-0.3, -0.25) is 0 Å². The van der Waals surface area contributed by atoms with E-state index in [1.165, 1.54) is 5.57 Å². The maximum atomic E-state index is 12.6. The van der Waals surface area contributed by atoms with Crippen LogP contribution in [-0.4, -0.2) is 91.3 Å². The first-order valence-electron chi connectivity index (χ1n) is 13.0. The van der Waals surface area contributed by atoms with Crippen molar-refractivity contribution in [3.63, 3.8) is 0 Å². The van der Waals surface area contributed by atoms with Gasteiger partial charge in [0.25, 0.3) is 0 Å². The van der Waals surface area contributed by atoms with Gasteiger partial charge in [-0.2, -0.15) is 0 Å². The first kappa shape index (κ1) is 23.6. The molecule has 5 aliphatic rings. The van der Waals surface area contributed by atoms with Gasteiger partial charge in [-0.05, 0) is 78.2 Å². The Bertz CT molecular complexity index is 754. The topological polar surface area (TPSA) is 67.1 Å². The van der Waals surface area contributed by atoms with E-state index in [2.05, 4.69) is 31.7 Å². The van der Waals surface area contributed by atoms with E-state index in [0.717, 1.165) is 77.7 Å². The molecule has 0 N–H and O–H groups in total. The van der Waals surface area contributed by atoms with Crippen LogP contribution in [0.15, 0.2) is 11.6 Å². The van der Waals surface area contributed by atoms with Crippen LogP contribution in [0.3, 0.4) is 0 Å². The van der Waals surface area contributed by atoms with Crippen molar-refractivity contribution in [2.75, 3.05) is 39.8 Å². The van der Waals surface area contributed by atoms with Crippen LogP contribution >= 0.6 is 0 Å². The molecule has 1 saturated carbocycles. The lowest BCUT2D eigenvalue weighted by Crippen LogP contribution is -2.51. The Morgan fingerprint density at radius 1 is 1.09 bits per heavy atom. The fourth-order valence-corrected chi connectivity index (χ4v) is 6.22. The number of nitrogens with zero attached hydrogens (tertiary/aromatic N) is 2. The summed E-state index contributed by atoms with van der Waals surface area (Å²) in [5.74, 6) is 0.605. The summed E-state index contributed by atoms with van der Waals surface area (Å²) in [6, 6.07) is 0. The Morgan fingerprint density at radius 2 is 1.85 bits per heavy atom. The number of ether oxygens (including phenoxy) is 4. The van der Waals surface area contributed by atoms with E-state index >= 15 is 0 Å². The molecular formula is C26H42N2O5. The molecule has 186 valence electrons. The van der Waals surface area contributed by atoms with Gasteiger partial charge in [-0.15, -0.1) is 0 Å². The lowest BCUT2D eigenvalue weighted by molar-refractivity contribution is 0.00506. The van der Waals surface area contributed by atoms with Crippen molar-refractivity contribution in [3.05, 3.63) is 11.6 Å². The normalized spacial score (nSPS) is 40.5. The number of likely N-dealkylation sites (tertiary alicyclic amines) is 2. The summed E-state index contributed by atoms with van der Waals surface area (Å²) >= 11 is 0. The number of carbonyl (C=O) groups is 1. The number of rotatable bonds is 8. The largest absolute Gasteiger partial charge is 0.446 e. The molecule has 4 heterocycles. The van der Waals surface area contributed by atoms with Gasteiger partial charge >= 0.3 is 6.09 Å². The van der Waals surface area contributed by atoms with E-state index in [9.17, 15) is 4.79 Å². The molecule has 1 amide bonds. The fourth-order valence-electron chi connectivity index (χ4n) is 6.22. The Hall–Kier alpha value is -1.15. The Balaban J connectivity index is 0.975. The summed E-state index contributed by atoms with van der Waals surface area (Å²) in [7, 11) is 1.80. The minimum absolute atomic E-state index is 0.0250. The second-order valence-corrected chi connectivity index (χ2v) is 11.5. The lowest BCUT2D eigenvalue weighted by atomic mass is 9.80. The van der Waals surface area contributed by atoms with Crippen molar-refractivity contribution in [1.29, 1.82) is 0 Å². The molecule has 1 aliphatic carbocycles. The minimum Gasteiger partial charge on any atom is -0.446 e. The molecule has 0 aromatic heterocycles. The number of carbonyl (C=O) groups excluding carboxylic acids is 1. The van der Waals surface area contributed by atoms with E-state index in [4.69, 9.17) is 18.9 Å². The van der Waals surface area contributed by atoms with Crippen LogP contribution in [0.1, 0.15) is 65.7 Å². The van der Waals surface area contributed by atoms with Gasteiger partial charge < -0.3 is 28.7 Å². The van der Waals surface area contributed by atoms with E-state index in [-0.39, 0.29) is 35.6 Å². The number of allylic oxidation sites excluding steroid dienone is 1. The third kappa shape index (κ3) is 4.97. The van der Waals surface area contributed by atoms with Gasteiger partial charge in [0.15, 0.2) is 0 Å². The lowest BCUT2D eigenvalue weighted by Gasteiger charge is -2.40. The maximum absolute atomic E-state index is 12.6. The molecule has 0 bridgehead atoms. The first-order valence-corrected chi connectivity index (χ1v) is 13.0. The summed E-state index contributed by atoms with van der Waals surface area (Å²) < 4.78 is 23.6. The Kier molecular flexibility index (Phi) is 6.53. The van der Waals surface area contributed by atoms with E-state index in [1.54, 1.807) is 7.11 Å². The standard InChI is InChI=1S/C26H42N2O5/c1-18(2)5-6-22-25(3,32-22)23-26(33-23)11-7-20(8-12-26)31-24(29)28-15-19(16-28)9-13-27-14-10-21(17-27)30-4/h5,19-23H,6-17H2,1-4H3/t20?,21?,22-,23?,25-,26?/m1/s1. The van der Waals surface area contributed by atoms with Crippen LogP contribution < -0.4 is 0 Å². The van der Waals surface area contributed by atoms with Gasteiger partial charge in [0.2, 0.25) is 0 Å². The predicted molar refractivity (Wildman–Crippen MR) is 125 cm³/mol. The minimum atomic E-state index is -0.137. The molecule has 0 radical (unpaired) electrons. The van der Waals surface area contributed by atoms with Crippen molar-refractivity contribution >= 4 is 6.09 Å². The Labute approximate surface area is 198 Å². The molecule has 2 unspecified atom stereocenters. The number of epoxide rings is 2. The van der Waals surface area contributed by atoms with Crippen molar-refractivity contribution in [3.8, 4) is 0 Å². The molecular weight excluding hydrogens is 420 g/mol. The molecule has 4 atom stereocenters. The fraction of sp³-hybridized carbons (Fsp3) is 0.885. The SMILES string of the molecule is COC1CCN(CCC2CN(C(=O)OC3CCC4(CC3)OC4[C@]3(C)O[C@@H]3CC=C(C)C)C2)C1. The highest BCUT2D eigenvalue weighted by molar-refractivity contribution is 5.68. The van der Waals surface area contributed by atoms with Gasteiger partial charge in [0, 0.05) is 33.3 Å². The van der Waals surface area contributed by atoms with Crippen LogP contribution in [0.4, 0.5) is 4.79 Å². The van der Waals surface area contributed by atoms with Gasteiger partial charge in [-0.1, -0.05) is 11.6 Å².